The van der Waals surface area contributed by atoms with E-state index in [1.165, 1.54) is 43.8 Å². The first-order valence-corrected chi connectivity index (χ1v) is 10.1. The van der Waals surface area contributed by atoms with E-state index in [2.05, 4.69) is 84.6 Å². The monoisotopic (exact) mass is 353 g/mol. The molecule has 0 aromatic heterocycles. The van der Waals surface area contributed by atoms with Gasteiger partial charge in [0.25, 0.3) is 0 Å². The lowest BCUT2D eigenvalue weighted by Gasteiger charge is -2.18. The molecule has 0 radical (unpaired) electrons. The summed E-state index contributed by atoms with van der Waals surface area (Å²) in [6.45, 7) is 9.35. The lowest BCUT2D eigenvalue weighted by molar-refractivity contribution is 0.274. The van der Waals surface area contributed by atoms with E-state index in [4.69, 9.17) is 0 Å². The van der Waals surface area contributed by atoms with E-state index in [1.54, 1.807) is 0 Å². The molecular formula is C26H27N. The number of benzene rings is 4. The first-order chi connectivity index (χ1) is 13.3. The van der Waals surface area contributed by atoms with Crippen molar-refractivity contribution < 1.29 is 0 Å². The van der Waals surface area contributed by atoms with Gasteiger partial charge in [-0.3, -0.25) is 4.90 Å². The van der Waals surface area contributed by atoms with Crippen LogP contribution in [0.25, 0.3) is 32.7 Å². The zero-order valence-corrected chi connectivity index (χ0v) is 16.5. The van der Waals surface area contributed by atoms with Gasteiger partial charge in [0.1, 0.15) is 0 Å². The molecule has 0 N–H and O–H groups in total. The maximum atomic E-state index is 2.54. The normalized spacial score (nSPS) is 13.4. The molecule has 1 heteroatoms. The molecule has 0 bridgehead atoms. The molecule has 1 nitrogen and oxygen atoms in total. The second-order valence-electron chi connectivity index (χ2n) is 6.94. The van der Waals surface area contributed by atoms with Crippen LogP contribution in [-0.4, -0.2) is 11.4 Å². The summed E-state index contributed by atoms with van der Waals surface area (Å²) < 4.78 is 0. The van der Waals surface area contributed by atoms with Crippen molar-refractivity contribution in [2.75, 3.05) is 6.54 Å². The van der Waals surface area contributed by atoms with Crippen molar-refractivity contribution >= 4 is 21.5 Å². The highest BCUT2D eigenvalue weighted by Gasteiger charge is 2.22. The van der Waals surface area contributed by atoms with E-state index in [9.17, 15) is 0 Å². The van der Waals surface area contributed by atoms with Crippen LogP contribution in [0.15, 0.2) is 72.8 Å². The summed E-state index contributed by atoms with van der Waals surface area (Å²) in [5.74, 6) is 0. The molecule has 136 valence electrons. The smallest absolute Gasteiger partial charge is 0.0243 e. The number of rotatable bonds is 1. The van der Waals surface area contributed by atoms with Crippen LogP contribution < -0.4 is 0 Å². The van der Waals surface area contributed by atoms with Crippen molar-refractivity contribution in [3.05, 3.63) is 83.9 Å². The minimum absolute atomic E-state index is 1.01. The third-order valence-electron chi connectivity index (χ3n) is 5.52. The molecule has 5 rings (SSSR count). The average Bonchev–Trinajstić information content (AvgIpc) is 2.92. The fourth-order valence-corrected chi connectivity index (χ4v) is 4.25. The molecule has 0 aliphatic carbocycles. The Bertz CT molecular complexity index is 1010. The first kappa shape index (κ1) is 17.8. The third kappa shape index (κ3) is 3.02. The summed E-state index contributed by atoms with van der Waals surface area (Å²) in [5.41, 5.74) is 5.74. The lowest BCUT2D eigenvalue weighted by atomic mass is 9.88. The molecule has 1 aliphatic heterocycles. The zero-order chi connectivity index (χ0) is 18.8. The Morgan fingerprint density at radius 1 is 0.630 bits per heavy atom. The van der Waals surface area contributed by atoms with Crippen LogP contribution in [0.3, 0.4) is 0 Å². The third-order valence-corrected chi connectivity index (χ3v) is 5.52. The van der Waals surface area contributed by atoms with E-state index < -0.39 is 0 Å². The lowest BCUT2D eigenvalue weighted by Crippen LogP contribution is -2.21. The van der Waals surface area contributed by atoms with Gasteiger partial charge in [-0.25, -0.2) is 0 Å². The Balaban J connectivity index is 0.000000872. The van der Waals surface area contributed by atoms with Gasteiger partial charge < -0.3 is 0 Å². The molecule has 1 aliphatic rings. The van der Waals surface area contributed by atoms with Gasteiger partial charge in [0.05, 0.1) is 0 Å². The topological polar surface area (TPSA) is 3.24 Å². The van der Waals surface area contributed by atoms with E-state index in [0.717, 1.165) is 19.6 Å². The summed E-state index contributed by atoms with van der Waals surface area (Å²) in [6, 6.07) is 26.8. The van der Waals surface area contributed by atoms with E-state index in [1.807, 2.05) is 13.8 Å². The van der Waals surface area contributed by atoms with Gasteiger partial charge in [-0.1, -0.05) is 93.6 Å². The van der Waals surface area contributed by atoms with Crippen molar-refractivity contribution in [1.29, 1.82) is 0 Å². The van der Waals surface area contributed by atoms with Crippen LogP contribution in [0, 0.1) is 0 Å². The number of hydrogen-bond acceptors (Lipinski definition) is 1. The second kappa shape index (κ2) is 7.54. The van der Waals surface area contributed by atoms with E-state index in [-0.39, 0.29) is 0 Å². The van der Waals surface area contributed by atoms with Crippen LogP contribution in [-0.2, 0) is 13.1 Å². The van der Waals surface area contributed by atoms with Crippen LogP contribution in [0.1, 0.15) is 31.9 Å². The highest BCUT2D eigenvalue weighted by atomic mass is 15.1. The predicted molar refractivity (Wildman–Crippen MR) is 118 cm³/mol. The van der Waals surface area contributed by atoms with Gasteiger partial charge in [0.2, 0.25) is 0 Å². The van der Waals surface area contributed by atoms with E-state index >= 15 is 0 Å². The molecular weight excluding hydrogens is 326 g/mol. The van der Waals surface area contributed by atoms with Gasteiger partial charge in [0.15, 0.2) is 0 Å². The number of nitrogens with zero attached hydrogens (tertiary/aromatic N) is 1. The van der Waals surface area contributed by atoms with Crippen molar-refractivity contribution in [3.63, 3.8) is 0 Å². The van der Waals surface area contributed by atoms with Crippen molar-refractivity contribution in [1.82, 2.24) is 4.90 Å². The Labute approximate surface area is 162 Å². The van der Waals surface area contributed by atoms with Gasteiger partial charge in [-0.15, -0.1) is 0 Å². The predicted octanol–water partition coefficient (Wildman–Crippen LogP) is 7.02. The van der Waals surface area contributed by atoms with Gasteiger partial charge >= 0.3 is 0 Å². The molecule has 4 aromatic rings. The Hall–Kier alpha value is -2.64. The summed E-state index contributed by atoms with van der Waals surface area (Å²) in [5, 5.41) is 5.39. The van der Waals surface area contributed by atoms with Crippen molar-refractivity contribution in [3.8, 4) is 11.1 Å². The van der Waals surface area contributed by atoms with Gasteiger partial charge in [-0.2, -0.15) is 0 Å². The molecule has 0 fully saturated rings. The SMILES string of the molecule is CC.CCN1Cc2ccc3ccccc3c2-c2c(ccc3ccccc23)C1. The van der Waals surface area contributed by atoms with Crippen LogP contribution in [0.5, 0.6) is 0 Å². The number of fused-ring (bicyclic) bond motifs is 7. The fraction of sp³-hybridized carbons (Fsp3) is 0.231. The Kier molecular flexibility index (Phi) is 4.96. The molecule has 0 saturated carbocycles. The minimum atomic E-state index is 1.01. The fourth-order valence-electron chi connectivity index (χ4n) is 4.25. The maximum Gasteiger partial charge on any atom is 0.0243 e. The van der Waals surface area contributed by atoms with Crippen molar-refractivity contribution in [2.45, 2.75) is 33.9 Å². The van der Waals surface area contributed by atoms with Crippen molar-refractivity contribution in [2.24, 2.45) is 0 Å². The Morgan fingerprint density at radius 3 is 1.52 bits per heavy atom. The molecule has 0 atom stereocenters. The Morgan fingerprint density at radius 2 is 1.07 bits per heavy atom. The average molecular weight is 354 g/mol. The molecule has 4 aromatic carbocycles. The highest BCUT2D eigenvalue weighted by molar-refractivity contribution is 6.08. The van der Waals surface area contributed by atoms with Crippen LogP contribution in [0.2, 0.25) is 0 Å². The summed E-state index contributed by atoms with van der Waals surface area (Å²) in [7, 11) is 0. The molecule has 1 heterocycles. The largest absolute Gasteiger partial charge is 0.295 e. The summed E-state index contributed by atoms with van der Waals surface area (Å²) in [6.07, 6.45) is 0. The summed E-state index contributed by atoms with van der Waals surface area (Å²) >= 11 is 0. The first-order valence-electron chi connectivity index (χ1n) is 10.1. The zero-order valence-electron chi connectivity index (χ0n) is 16.5. The maximum absolute atomic E-state index is 2.54. The number of hydrogen-bond donors (Lipinski definition) is 0. The molecule has 0 unspecified atom stereocenters. The molecule has 0 spiro atoms. The van der Waals surface area contributed by atoms with Gasteiger partial charge in [0, 0.05) is 13.1 Å². The quantitative estimate of drug-likeness (QED) is 0.355. The minimum Gasteiger partial charge on any atom is -0.295 e. The van der Waals surface area contributed by atoms with Crippen LogP contribution >= 0.6 is 0 Å². The second-order valence-corrected chi connectivity index (χ2v) is 6.94. The highest BCUT2D eigenvalue weighted by Crippen LogP contribution is 2.41. The van der Waals surface area contributed by atoms with Gasteiger partial charge in [-0.05, 0) is 50.3 Å². The standard InChI is InChI=1S/C24H21N.C2H6/c1-2-25-15-19-13-11-17-7-3-5-9-21(17)23(19)24-20(16-25)14-12-18-8-4-6-10-22(18)24;1-2/h3-14H,2,15-16H2,1H3;1-2H3. The van der Waals surface area contributed by atoms with E-state index in [0.29, 0.717) is 0 Å². The molecule has 0 amide bonds. The summed E-state index contributed by atoms with van der Waals surface area (Å²) in [4.78, 5) is 2.54. The molecule has 0 saturated heterocycles. The molecule has 27 heavy (non-hydrogen) atoms. The van der Waals surface area contributed by atoms with Crippen LogP contribution in [0.4, 0.5) is 0 Å².